The molecular formula is C11H13ClN4O2S. The van der Waals surface area contributed by atoms with Gasteiger partial charge in [-0.3, -0.25) is 9.40 Å². The van der Waals surface area contributed by atoms with E-state index in [9.17, 15) is 8.42 Å². The maximum absolute atomic E-state index is 12.2. The van der Waals surface area contributed by atoms with Gasteiger partial charge in [-0.05, 0) is 25.1 Å². The number of aromatic nitrogens is 2. The number of halogens is 1. The summed E-state index contributed by atoms with van der Waals surface area (Å²) in [6.07, 6.45) is 1.59. The first-order valence-corrected chi connectivity index (χ1v) is 7.24. The van der Waals surface area contributed by atoms with Crippen LogP contribution in [0.25, 0.3) is 0 Å². The van der Waals surface area contributed by atoms with Crippen LogP contribution >= 0.6 is 11.6 Å². The zero-order chi connectivity index (χ0) is 14.2. The number of nitrogen functional groups attached to an aromatic ring is 1. The van der Waals surface area contributed by atoms with Gasteiger partial charge in [-0.25, -0.2) is 8.42 Å². The fourth-order valence-electron chi connectivity index (χ4n) is 1.59. The minimum absolute atomic E-state index is 0.0534. The van der Waals surface area contributed by atoms with Crippen LogP contribution in [0.4, 0.5) is 11.4 Å². The molecule has 8 heteroatoms. The number of nitrogens with zero attached hydrogens (tertiary/aromatic N) is 2. The summed E-state index contributed by atoms with van der Waals surface area (Å²) in [4.78, 5) is 0.0534. The number of nitrogens with one attached hydrogen (secondary N) is 1. The Morgan fingerprint density at radius 3 is 2.63 bits per heavy atom. The fraction of sp³-hybridized carbons (Fsp3) is 0.182. The number of hydrogen-bond acceptors (Lipinski definition) is 4. The number of sulfonamides is 1. The smallest absolute Gasteiger partial charge is 0.262 e. The largest absolute Gasteiger partial charge is 0.397 e. The third-order valence-corrected chi connectivity index (χ3v) is 4.24. The van der Waals surface area contributed by atoms with Crippen molar-refractivity contribution in [1.82, 2.24) is 9.78 Å². The minimum Gasteiger partial charge on any atom is -0.397 e. The molecule has 3 N–H and O–H groups in total. The summed E-state index contributed by atoms with van der Waals surface area (Å²) < 4.78 is 28.4. The van der Waals surface area contributed by atoms with Crippen LogP contribution in [0.5, 0.6) is 0 Å². The second-order valence-corrected chi connectivity index (χ2v) is 6.18. The molecule has 0 atom stereocenters. The van der Waals surface area contributed by atoms with Crippen LogP contribution in [-0.4, -0.2) is 18.2 Å². The van der Waals surface area contributed by atoms with Gasteiger partial charge in [0.15, 0.2) is 0 Å². The van der Waals surface area contributed by atoms with Crippen molar-refractivity contribution in [2.75, 3.05) is 10.5 Å². The van der Waals surface area contributed by atoms with Crippen molar-refractivity contribution >= 4 is 33.0 Å². The van der Waals surface area contributed by atoms with Crippen molar-refractivity contribution in [3.8, 4) is 0 Å². The average molecular weight is 301 g/mol. The molecule has 1 heterocycles. The van der Waals surface area contributed by atoms with Crippen molar-refractivity contribution < 1.29 is 8.42 Å². The SMILES string of the molecule is Cc1nn(C)cc1NS(=O)(=O)c1ccc(Cl)c(N)c1. The summed E-state index contributed by atoms with van der Waals surface area (Å²) in [5.74, 6) is 0. The van der Waals surface area contributed by atoms with E-state index in [1.807, 2.05) is 0 Å². The Labute approximate surface area is 116 Å². The van der Waals surface area contributed by atoms with Crippen LogP contribution in [0.2, 0.25) is 5.02 Å². The lowest BCUT2D eigenvalue weighted by Gasteiger charge is -2.08. The molecule has 1 aromatic heterocycles. The molecule has 102 valence electrons. The van der Waals surface area contributed by atoms with Crippen LogP contribution < -0.4 is 10.5 Å². The first-order valence-electron chi connectivity index (χ1n) is 5.37. The predicted octanol–water partition coefficient (Wildman–Crippen LogP) is 1.76. The van der Waals surface area contributed by atoms with Crippen LogP contribution in [0.15, 0.2) is 29.3 Å². The van der Waals surface area contributed by atoms with E-state index in [0.29, 0.717) is 16.4 Å². The lowest BCUT2D eigenvalue weighted by molar-refractivity contribution is 0.601. The van der Waals surface area contributed by atoms with E-state index in [2.05, 4.69) is 9.82 Å². The van der Waals surface area contributed by atoms with Gasteiger partial charge in [0, 0.05) is 13.2 Å². The van der Waals surface area contributed by atoms with Crippen molar-refractivity contribution in [2.24, 2.45) is 7.05 Å². The van der Waals surface area contributed by atoms with Crippen LogP contribution in [0.3, 0.4) is 0 Å². The zero-order valence-electron chi connectivity index (χ0n) is 10.4. The molecule has 2 aromatic rings. The Morgan fingerprint density at radius 2 is 2.11 bits per heavy atom. The lowest BCUT2D eigenvalue weighted by Crippen LogP contribution is -2.13. The van der Waals surface area contributed by atoms with Gasteiger partial charge >= 0.3 is 0 Å². The van der Waals surface area contributed by atoms with E-state index in [1.165, 1.54) is 22.9 Å². The molecule has 19 heavy (non-hydrogen) atoms. The van der Waals surface area contributed by atoms with Crippen LogP contribution in [-0.2, 0) is 17.1 Å². The molecule has 0 unspecified atom stereocenters. The van der Waals surface area contributed by atoms with Crippen molar-refractivity contribution in [2.45, 2.75) is 11.8 Å². The summed E-state index contributed by atoms with van der Waals surface area (Å²) >= 11 is 5.77. The fourth-order valence-corrected chi connectivity index (χ4v) is 2.85. The monoisotopic (exact) mass is 300 g/mol. The quantitative estimate of drug-likeness (QED) is 0.845. The molecule has 6 nitrogen and oxygen atoms in total. The Morgan fingerprint density at radius 1 is 1.42 bits per heavy atom. The van der Waals surface area contributed by atoms with E-state index < -0.39 is 10.0 Å². The summed E-state index contributed by atoms with van der Waals surface area (Å²) in [7, 11) is -1.99. The van der Waals surface area contributed by atoms with E-state index in [4.69, 9.17) is 17.3 Å². The molecule has 0 aliphatic carbocycles. The van der Waals surface area contributed by atoms with Gasteiger partial charge in [0.2, 0.25) is 0 Å². The molecule has 0 bridgehead atoms. The third kappa shape index (κ3) is 2.82. The van der Waals surface area contributed by atoms with Gasteiger partial charge in [-0.1, -0.05) is 11.6 Å². The predicted molar refractivity (Wildman–Crippen MR) is 74.6 cm³/mol. The van der Waals surface area contributed by atoms with E-state index >= 15 is 0 Å². The number of nitrogens with two attached hydrogens (primary N) is 1. The zero-order valence-corrected chi connectivity index (χ0v) is 12.0. The Balaban J connectivity index is 2.37. The van der Waals surface area contributed by atoms with Gasteiger partial charge in [-0.15, -0.1) is 0 Å². The molecule has 0 saturated carbocycles. The number of anilines is 2. The standard InChI is InChI=1S/C11H13ClN4O2S/c1-7-11(6-16(2)14-7)15-19(17,18)8-3-4-9(12)10(13)5-8/h3-6,15H,13H2,1-2H3. The Kier molecular flexibility index (Phi) is 3.42. The van der Waals surface area contributed by atoms with Crippen molar-refractivity contribution in [3.05, 3.63) is 35.1 Å². The molecule has 0 saturated heterocycles. The first-order chi connectivity index (χ1) is 8.79. The van der Waals surface area contributed by atoms with Gasteiger partial charge in [-0.2, -0.15) is 5.10 Å². The van der Waals surface area contributed by atoms with Crippen molar-refractivity contribution in [3.63, 3.8) is 0 Å². The Hall–Kier alpha value is -1.73. The second-order valence-electron chi connectivity index (χ2n) is 4.09. The number of hydrogen-bond donors (Lipinski definition) is 2. The number of benzene rings is 1. The molecule has 0 aliphatic heterocycles. The molecule has 0 fully saturated rings. The normalized spacial score (nSPS) is 11.5. The first kappa shape index (κ1) is 13.7. The maximum atomic E-state index is 12.2. The molecular weight excluding hydrogens is 288 g/mol. The molecule has 0 radical (unpaired) electrons. The minimum atomic E-state index is -3.70. The van der Waals surface area contributed by atoms with Crippen LogP contribution in [0.1, 0.15) is 5.69 Å². The number of rotatable bonds is 3. The van der Waals surface area contributed by atoms with E-state index in [-0.39, 0.29) is 10.6 Å². The van der Waals surface area contributed by atoms with Crippen molar-refractivity contribution in [1.29, 1.82) is 0 Å². The molecule has 2 rings (SSSR count). The lowest BCUT2D eigenvalue weighted by atomic mass is 10.3. The van der Waals surface area contributed by atoms with Crippen LogP contribution in [0, 0.1) is 6.92 Å². The summed E-state index contributed by atoms with van der Waals surface area (Å²) in [6.45, 7) is 1.72. The third-order valence-electron chi connectivity index (χ3n) is 2.54. The highest BCUT2D eigenvalue weighted by atomic mass is 35.5. The summed E-state index contributed by atoms with van der Waals surface area (Å²) in [6, 6.07) is 4.16. The molecule has 0 spiro atoms. The summed E-state index contributed by atoms with van der Waals surface area (Å²) in [5, 5.41) is 4.38. The highest BCUT2D eigenvalue weighted by Gasteiger charge is 2.17. The average Bonchev–Trinajstić information content (AvgIpc) is 2.60. The second kappa shape index (κ2) is 4.75. The summed E-state index contributed by atoms with van der Waals surface area (Å²) in [5.41, 5.74) is 6.84. The van der Waals surface area contributed by atoms with Gasteiger partial charge in [0.25, 0.3) is 10.0 Å². The molecule has 0 amide bonds. The van der Waals surface area contributed by atoms with E-state index in [1.54, 1.807) is 20.2 Å². The maximum Gasteiger partial charge on any atom is 0.262 e. The van der Waals surface area contributed by atoms with Gasteiger partial charge < -0.3 is 5.73 Å². The molecule has 0 aliphatic rings. The number of aryl methyl sites for hydroxylation is 2. The highest BCUT2D eigenvalue weighted by molar-refractivity contribution is 7.92. The molecule has 1 aromatic carbocycles. The topological polar surface area (TPSA) is 90.0 Å². The van der Waals surface area contributed by atoms with Gasteiger partial charge in [0.1, 0.15) is 0 Å². The Bertz CT molecular complexity index is 724. The van der Waals surface area contributed by atoms with Gasteiger partial charge in [0.05, 0.1) is 27.0 Å². The van der Waals surface area contributed by atoms with E-state index in [0.717, 1.165) is 0 Å². The highest BCUT2D eigenvalue weighted by Crippen LogP contribution is 2.24.